The normalized spacial score (nSPS) is 21.3. The first-order valence-corrected chi connectivity index (χ1v) is 10.9. The second kappa shape index (κ2) is 12.2. The van der Waals surface area contributed by atoms with Crippen LogP contribution in [-0.2, 0) is 11.2 Å². The predicted octanol–water partition coefficient (Wildman–Crippen LogP) is 2.76. The fourth-order valence-corrected chi connectivity index (χ4v) is 4.51. The zero-order valence-corrected chi connectivity index (χ0v) is 19.8. The number of morpholine rings is 1. The Morgan fingerprint density at radius 1 is 1.33 bits per heavy atom. The van der Waals surface area contributed by atoms with E-state index in [1.165, 1.54) is 11.4 Å². The van der Waals surface area contributed by atoms with E-state index < -0.39 is 0 Å². The van der Waals surface area contributed by atoms with Crippen LogP contribution in [0.4, 0.5) is 0 Å². The Bertz CT molecular complexity index is 576. The molecule has 1 unspecified atom stereocenters. The zero-order chi connectivity index (χ0) is 18.2. The first kappa shape index (κ1) is 22.8. The number of nitrogens with zero attached hydrogens (tertiary/aromatic N) is 4. The average molecular weight is 507 g/mol. The number of unbranched alkanes of at least 4 members (excludes halogenated alkanes) is 1. The van der Waals surface area contributed by atoms with Crippen LogP contribution in [0.2, 0.25) is 0 Å². The molecule has 6 nitrogen and oxygen atoms in total. The second-order valence-electron chi connectivity index (χ2n) is 7.11. The summed E-state index contributed by atoms with van der Waals surface area (Å²) in [5.74, 6) is 1.09. The van der Waals surface area contributed by atoms with Gasteiger partial charge in [0.05, 0.1) is 18.2 Å². The van der Waals surface area contributed by atoms with Crippen molar-refractivity contribution in [3.8, 4) is 0 Å². The highest BCUT2D eigenvalue weighted by Crippen LogP contribution is 2.17. The van der Waals surface area contributed by atoms with Crippen LogP contribution in [0.25, 0.3) is 0 Å². The molecule has 0 radical (unpaired) electrons. The van der Waals surface area contributed by atoms with Gasteiger partial charge < -0.3 is 15.0 Å². The molecule has 3 heterocycles. The van der Waals surface area contributed by atoms with E-state index in [4.69, 9.17) is 9.73 Å². The Morgan fingerprint density at radius 2 is 2.15 bits per heavy atom. The van der Waals surface area contributed by atoms with Crippen molar-refractivity contribution in [1.82, 2.24) is 20.1 Å². The van der Waals surface area contributed by atoms with Gasteiger partial charge in [-0.15, -0.1) is 35.3 Å². The number of nitrogens with one attached hydrogen (secondary N) is 1. The van der Waals surface area contributed by atoms with Crippen LogP contribution in [0.5, 0.6) is 0 Å². The molecule has 0 bridgehead atoms. The second-order valence-corrected chi connectivity index (χ2v) is 8.05. The van der Waals surface area contributed by atoms with Crippen LogP contribution in [0.3, 0.4) is 0 Å². The third-order valence-corrected chi connectivity index (χ3v) is 6.11. The van der Waals surface area contributed by atoms with Crippen molar-refractivity contribution in [2.24, 2.45) is 4.99 Å². The predicted molar refractivity (Wildman–Crippen MR) is 124 cm³/mol. The largest absolute Gasteiger partial charge is 0.379 e. The monoisotopic (exact) mass is 507 g/mol. The van der Waals surface area contributed by atoms with Gasteiger partial charge in [0.1, 0.15) is 0 Å². The summed E-state index contributed by atoms with van der Waals surface area (Å²) in [6, 6.07) is 0.649. The van der Waals surface area contributed by atoms with Crippen LogP contribution in [0.1, 0.15) is 36.9 Å². The Hall–Kier alpha value is -0.450. The minimum Gasteiger partial charge on any atom is -0.379 e. The molecule has 0 aliphatic carbocycles. The molecule has 0 aromatic carbocycles. The number of ether oxygens (including phenoxy) is 1. The lowest BCUT2D eigenvalue weighted by Crippen LogP contribution is -2.46. The lowest BCUT2D eigenvalue weighted by molar-refractivity contribution is 0.0195. The number of aromatic nitrogens is 1. The van der Waals surface area contributed by atoms with Crippen molar-refractivity contribution in [1.29, 1.82) is 0 Å². The number of halogens is 1. The van der Waals surface area contributed by atoms with E-state index in [2.05, 4.69) is 39.3 Å². The van der Waals surface area contributed by atoms with Crippen molar-refractivity contribution in [2.75, 3.05) is 52.5 Å². The minimum atomic E-state index is 0. The van der Waals surface area contributed by atoms with Crippen LogP contribution in [0, 0.1) is 6.92 Å². The molecule has 3 rings (SSSR count). The standard InChI is InChI=1S/C19H33N5OS.HI/c1-3-20-19(21-8-5-4-6-18-22-16(2)15-26-18)24-9-7-17(14-24)23-10-12-25-13-11-23;/h15,17H,3-14H2,1-2H3,(H,20,21);1H. The Morgan fingerprint density at radius 3 is 2.85 bits per heavy atom. The van der Waals surface area contributed by atoms with E-state index in [9.17, 15) is 0 Å². The fraction of sp³-hybridized carbons (Fsp3) is 0.789. The number of rotatable bonds is 7. The van der Waals surface area contributed by atoms with Crippen molar-refractivity contribution >= 4 is 41.3 Å². The molecule has 0 spiro atoms. The van der Waals surface area contributed by atoms with E-state index >= 15 is 0 Å². The first-order chi connectivity index (χ1) is 12.8. The van der Waals surface area contributed by atoms with Gasteiger partial charge in [0.15, 0.2) is 5.96 Å². The highest BCUT2D eigenvalue weighted by Gasteiger charge is 2.30. The van der Waals surface area contributed by atoms with Crippen molar-refractivity contribution in [3.05, 3.63) is 16.1 Å². The lowest BCUT2D eigenvalue weighted by Gasteiger charge is -2.32. The zero-order valence-electron chi connectivity index (χ0n) is 16.7. The quantitative estimate of drug-likeness (QED) is 0.266. The van der Waals surface area contributed by atoms with Crippen LogP contribution >= 0.6 is 35.3 Å². The molecule has 0 saturated carbocycles. The van der Waals surface area contributed by atoms with Gasteiger partial charge in [-0.05, 0) is 39.5 Å². The van der Waals surface area contributed by atoms with Gasteiger partial charge in [0.25, 0.3) is 0 Å². The number of aliphatic imine (C=N–C) groups is 1. The summed E-state index contributed by atoms with van der Waals surface area (Å²) < 4.78 is 5.49. The third-order valence-electron chi connectivity index (χ3n) is 5.09. The summed E-state index contributed by atoms with van der Waals surface area (Å²) in [5, 5.41) is 6.87. The number of guanidine groups is 1. The molecule has 2 aliphatic rings. The molecule has 1 atom stereocenters. The summed E-state index contributed by atoms with van der Waals surface area (Å²) >= 11 is 1.78. The van der Waals surface area contributed by atoms with Crippen molar-refractivity contribution < 1.29 is 4.74 Å². The molecule has 8 heteroatoms. The van der Waals surface area contributed by atoms with E-state index in [1.54, 1.807) is 11.3 Å². The molecular weight excluding hydrogens is 473 g/mol. The van der Waals surface area contributed by atoms with Gasteiger partial charge >= 0.3 is 0 Å². The summed E-state index contributed by atoms with van der Waals surface area (Å²) in [5.41, 5.74) is 1.14. The van der Waals surface area contributed by atoms with Gasteiger partial charge in [0.2, 0.25) is 0 Å². The van der Waals surface area contributed by atoms with E-state index in [0.717, 1.165) is 83.4 Å². The highest BCUT2D eigenvalue weighted by atomic mass is 127. The summed E-state index contributed by atoms with van der Waals surface area (Å²) in [6.07, 6.45) is 4.59. The maximum absolute atomic E-state index is 5.49. The van der Waals surface area contributed by atoms with Crippen molar-refractivity contribution in [3.63, 3.8) is 0 Å². The van der Waals surface area contributed by atoms with E-state index in [1.807, 2.05) is 0 Å². The maximum Gasteiger partial charge on any atom is 0.193 e. The summed E-state index contributed by atoms with van der Waals surface area (Å²) in [6.45, 7) is 12.1. The van der Waals surface area contributed by atoms with E-state index in [-0.39, 0.29) is 24.0 Å². The number of likely N-dealkylation sites (tertiary alicyclic amines) is 1. The Balaban J connectivity index is 0.00000261. The fourth-order valence-electron chi connectivity index (χ4n) is 3.69. The first-order valence-electron chi connectivity index (χ1n) is 10.0. The Labute approximate surface area is 184 Å². The molecule has 0 amide bonds. The van der Waals surface area contributed by atoms with Crippen LogP contribution in [-0.4, -0.2) is 79.3 Å². The van der Waals surface area contributed by atoms with Gasteiger partial charge in [-0.2, -0.15) is 0 Å². The molecular formula is C19H34IN5OS. The summed E-state index contributed by atoms with van der Waals surface area (Å²) in [4.78, 5) is 14.4. The smallest absolute Gasteiger partial charge is 0.193 e. The third kappa shape index (κ3) is 7.14. The number of thiazole rings is 1. The molecule has 1 aromatic rings. The number of aryl methyl sites for hydroxylation is 2. The molecule has 1 N–H and O–H groups in total. The topological polar surface area (TPSA) is 53.0 Å². The van der Waals surface area contributed by atoms with Gasteiger partial charge in [0, 0.05) is 56.4 Å². The molecule has 1 aromatic heterocycles. The Kier molecular flexibility index (Phi) is 10.3. The highest BCUT2D eigenvalue weighted by molar-refractivity contribution is 14.0. The number of hydrogen-bond donors (Lipinski definition) is 1. The molecule has 2 fully saturated rings. The SMILES string of the molecule is CCNC(=NCCCCc1nc(C)cs1)N1CCC(N2CCOCC2)C1.I. The number of hydrogen-bond acceptors (Lipinski definition) is 5. The van der Waals surface area contributed by atoms with Gasteiger partial charge in [-0.3, -0.25) is 9.89 Å². The van der Waals surface area contributed by atoms with Crippen molar-refractivity contribution in [2.45, 2.75) is 45.6 Å². The molecule has 2 saturated heterocycles. The molecule has 154 valence electrons. The molecule has 27 heavy (non-hydrogen) atoms. The lowest BCUT2D eigenvalue weighted by atomic mass is 10.2. The van der Waals surface area contributed by atoms with Gasteiger partial charge in [-0.1, -0.05) is 0 Å². The summed E-state index contributed by atoms with van der Waals surface area (Å²) in [7, 11) is 0. The van der Waals surface area contributed by atoms with E-state index in [0.29, 0.717) is 6.04 Å². The molecule has 2 aliphatic heterocycles. The maximum atomic E-state index is 5.49. The average Bonchev–Trinajstić information content (AvgIpc) is 3.31. The minimum absolute atomic E-state index is 0. The van der Waals surface area contributed by atoms with Crippen LogP contribution < -0.4 is 5.32 Å². The van der Waals surface area contributed by atoms with Gasteiger partial charge in [-0.25, -0.2) is 4.98 Å². The van der Waals surface area contributed by atoms with Crippen LogP contribution in [0.15, 0.2) is 10.4 Å².